The van der Waals surface area contributed by atoms with Crippen molar-refractivity contribution in [2.45, 2.75) is 242 Å². The number of aromatic nitrogens is 1. The van der Waals surface area contributed by atoms with E-state index in [0.29, 0.717) is 29.3 Å². The maximum atomic E-state index is 14.6. The smallest absolute Gasteiger partial charge is 0.329 e. The lowest BCUT2D eigenvalue weighted by Crippen LogP contribution is -2.61. The predicted molar refractivity (Wildman–Crippen MR) is 388 cm³/mol. The number of carbonyl (C=O) groups is 19. The monoisotopic (exact) mass is 1570 g/mol. The molecule has 13 atom stereocenters. The van der Waals surface area contributed by atoms with Crippen LogP contribution in [0.4, 0.5) is 0 Å². The maximum absolute atomic E-state index is 14.6. The number of unbranched alkanes of at least 4 members (excludes halogenated alkanes) is 8. The molecule has 13 unspecified atom stereocenters. The summed E-state index contributed by atoms with van der Waals surface area (Å²) in [6, 6.07) is -14.3. The summed E-state index contributed by atoms with van der Waals surface area (Å²) in [6.07, 6.45) is -0.179. The molecule has 13 amide bonds. The van der Waals surface area contributed by atoms with E-state index in [0.717, 1.165) is 52.4 Å². The highest BCUT2D eigenvalue weighted by molar-refractivity contribution is 6.01. The zero-order valence-corrected chi connectivity index (χ0v) is 62.5. The van der Waals surface area contributed by atoms with E-state index in [4.69, 9.17) is 10.5 Å². The molecule has 1 saturated heterocycles. The molecule has 0 radical (unpaired) electrons. The van der Waals surface area contributed by atoms with E-state index in [1.807, 2.05) is 10.6 Å². The van der Waals surface area contributed by atoms with Crippen LogP contribution in [0.5, 0.6) is 0 Å². The minimum absolute atomic E-state index is 0.00461. The van der Waals surface area contributed by atoms with Gasteiger partial charge < -0.3 is 115 Å². The first-order valence-corrected chi connectivity index (χ1v) is 36.5. The molecule has 1 aromatic heterocycles. The van der Waals surface area contributed by atoms with Gasteiger partial charge in [0.1, 0.15) is 72.6 Å². The zero-order valence-electron chi connectivity index (χ0n) is 62.5. The zero-order chi connectivity index (χ0) is 83.0. The second-order valence-electron chi connectivity index (χ2n) is 26.7. The fourth-order valence-corrected chi connectivity index (χ4v) is 11.3. The van der Waals surface area contributed by atoms with Crippen LogP contribution in [0.1, 0.15) is 169 Å². The van der Waals surface area contributed by atoms with Crippen molar-refractivity contribution in [1.29, 1.82) is 0 Å². The topological polar surface area (TPSA) is 653 Å². The van der Waals surface area contributed by atoms with Gasteiger partial charge in [-0.3, -0.25) is 86.3 Å². The van der Waals surface area contributed by atoms with Gasteiger partial charge in [0.15, 0.2) is 0 Å². The number of carboxylic acid groups (broad SMARTS) is 5. The van der Waals surface area contributed by atoms with E-state index in [-0.39, 0.29) is 45.1 Å². The molecule has 1 aliphatic rings. The fourth-order valence-electron chi connectivity index (χ4n) is 11.3. The number of aliphatic carboxylic acids is 5. The van der Waals surface area contributed by atoms with E-state index in [1.165, 1.54) is 13.8 Å². The highest BCUT2D eigenvalue weighted by Crippen LogP contribution is 2.21. The molecule has 41 heteroatoms. The summed E-state index contributed by atoms with van der Waals surface area (Å²) < 4.78 is 5.69. The number of aliphatic hydroxyl groups excluding tert-OH is 1. The van der Waals surface area contributed by atoms with Crippen LogP contribution in [0.3, 0.4) is 0 Å². The number of esters is 1. The number of carboxylic acids is 5. The van der Waals surface area contributed by atoms with Gasteiger partial charge in [-0.1, -0.05) is 90.3 Å². The molecule has 0 aliphatic carbocycles. The van der Waals surface area contributed by atoms with E-state index < -0.39 is 256 Å². The van der Waals surface area contributed by atoms with E-state index in [9.17, 15) is 122 Å². The molecule has 0 spiro atoms. The molecular weight excluding hydrogens is 1470 g/mol. The van der Waals surface area contributed by atoms with E-state index in [2.05, 4.69) is 70.4 Å². The molecular formula is C70H105N15O26. The van der Waals surface area contributed by atoms with Gasteiger partial charge in [-0.25, -0.2) is 4.79 Å². The van der Waals surface area contributed by atoms with Crippen LogP contribution in [0.25, 0.3) is 10.9 Å². The first-order chi connectivity index (χ1) is 52.5. The number of hydrogen-bond acceptors (Lipinski definition) is 22. The molecule has 41 nitrogen and oxygen atoms in total. The van der Waals surface area contributed by atoms with Gasteiger partial charge >= 0.3 is 35.8 Å². The lowest BCUT2D eigenvalue weighted by atomic mass is 9.98. The maximum Gasteiger partial charge on any atom is 0.329 e. The predicted octanol–water partition coefficient (Wildman–Crippen LogP) is -3.91. The quantitative estimate of drug-likeness (QED) is 0.0227. The number of nitrogens with one attached hydrogen (secondary N) is 14. The molecule has 1 aromatic carbocycles. The Labute approximate surface area is 637 Å². The van der Waals surface area contributed by atoms with Gasteiger partial charge in [-0.2, -0.15) is 0 Å². The molecule has 111 heavy (non-hydrogen) atoms. The van der Waals surface area contributed by atoms with Crippen molar-refractivity contribution >= 4 is 124 Å². The van der Waals surface area contributed by atoms with Crippen molar-refractivity contribution in [2.24, 2.45) is 11.7 Å². The van der Waals surface area contributed by atoms with Crippen LogP contribution in [0.2, 0.25) is 0 Å². The largest absolute Gasteiger partial charge is 0.481 e. The molecule has 0 saturated carbocycles. The summed E-state index contributed by atoms with van der Waals surface area (Å²) in [5, 5.41) is 88.8. The second-order valence-corrected chi connectivity index (χ2v) is 26.7. The molecule has 3 rings (SSSR count). The van der Waals surface area contributed by atoms with Gasteiger partial charge in [0.05, 0.1) is 39.0 Å². The molecule has 616 valence electrons. The van der Waals surface area contributed by atoms with Crippen molar-refractivity contribution in [1.82, 2.24) is 74.1 Å². The van der Waals surface area contributed by atoms with Crippen molar-refractivity contribution in [3.8, 4) is 0 Å². The molecule has 1 aliphatic heterocycles. The highest BCUT2D eigenvalue weighted by atomic mass is 16.5. The Balaban J connectivity index is 2.17. The van der Waals surface area contributed by atoms with Crippen molar-refractivity contribution in [3.05, 3.63) is 36.0 Å². The number of ether oxygens (including phenoxy) is 1. The summed E-state index contributed by atoms with van der Waals surface area (Å²) in [4.78, 5) is 260. The number of hydrogen-bond donors (Lipinski definition) is 21. The number of cyclic esters (lactones) is 1. The summed E-state index contributed by atoms with van der Waals surface area (Å²) in [5.41, 5.74) is 6.84. The van der Waals surface area contributed by atoms with Crippen LogP contribution in [-0.2, 0) is 102 Å². The summed E-state index contributed by atoms with van der Waals surface area (Å²) in [7, 11) is 0. The summed E-state index contributed by atoms with van der Waals surface area (Å²) in [5.74, 6) is -27.0. The van der Waals surface area contributed by atoms with Crippen LogP contribution < -0.4 is 74.9 Å². The van der Waals surface area contributed by atoms with Crippen LogP contribution in [0, 0.1) is 5.92 Å². The van der Waals surface area contributed by atoms with Crippen molar-refractivity contribution in [2.75, 3.05) is 26.2 Å². The third kappa shape index (κ3) is 34.4. The van der Waals surface area contributed by atoms with Gasteiger partial charge in [0.25, 0.3) is 0 Å². The number of nitrogens with two attached hydrogens (primary N) is 1. The Morgan fingerprint density at radius 2 is 1.06 bits per heavy atom. The average Bonchev–Trinajstić information content (AvgIpc) is 1.79. The van der Waals surface area contributed by atoms with Gasteiger partial charge in [0.2, 0.25) is 76.8 Å². The Bertz CT molecular complexity index is 3610. The number of benzene rings is 1. The number of fused-ring (bicyclic) bond motifs is 1. The fraction of sp³-hybridized carbons (Fsp3) is 0.614. The number of rotatable bonds is 37. The second kappa shape index (κ2) is 48.9. The van der Waals surface area contributed by atoms with Crippen LogP contribution >= 0.6 is 0 Å². The number of H-pyrrole nitrogens is 1. The number of aliphatic hydroxyl groups is 1. The summed E-state index contributed by atoms with van der Waals surface area (Å²) >= 11 is 0. The number of para-hydroxylation sites is 1. The number of amides is 13. The Morgan fingerprint density at radius 1 is 0.532 bits per heavy atom. The SMILES string of the molecule is CCCCCCCCCCC(=O)NC(Cc1c[nH]c2ccccc12)C(=O)NC(CCC(=O)O)C(=O)NC(CC(=O)O)C(=O)NC1C(=O)NCC(=O)NC(C)C(=O)NC(CC(=O)O)C(=O)NC(CCCCN)C(=O)NC(CC(=O)O)C(=O)NCC(=O)NC(CO)C(=O)NC(CCC(=O)O)C(=O)NC(C(C)CC)C(=O)OC1C. The minimum Gasteiger partial charge on any atom is -0.481 e. The molecule has 22 N–H and O–H groups in total. The van der Waals surface area contributed by atoms with Gasteiger partial charge in [-0.15, -0.1) is 0 Å². The number of aromatic amines is 1. The standard InChI is InChI=1S/C70H105N15O26/c1-6-8-9-10-11-12-13-14-22-50(87)76-45(28-39-32-72-41-20-16-15-19-40(39)41)65(105)79-43(23-25-53(90)91)63(103)83-48(31-57(98)99)67(107)85-59-38(5)111-70(110)58(36(3)7-2)84-64(104)44(24-26-54(92)93)80-68(108)49(35-86)77-52(89)34-73-61(101)46(29-55(94)95)82-62(102)42(21-17-18-27-71)78-66(106)47(30-56(96)97)81-60(100)37(4)75-51(88)33-74-69(59)109/h15-16,19-20,32,36-38,42-49,58-59,72,86H,6-14,17-18,21-31,33-35,71H2,1-5H3,(H,73,101)(H,74,109)(H,75,88)(H,76,87)(H,77,89)(H,78,106)(H,79,105)(H,80,108)(H,81,100)(H,82,102)(H,83,103)(H,84,104)(H,85,107)(H,90,91)(H,92,93)(H,94,95)(H,96,97)(H,98,99). The minimum atomic E-state index is -2.30. The molecule has 2 aromatic rings. The normalized spacial score (nSPS) is 21.6. The van der Waals surface area contributed by atoms with Crippen LogP contribution in [0.15, 0.2) is 30.5 Å². The lowest BCUT2D eigenvalue weighted by Gasteiger charge is -2.30. The third-order valence-electron chi connectivity index (χ3n) is 17.8. The lowest BCUT2D eigenvalue weighted by molar-refractivity contribution is -0.157. The molecule has 1 fully saturated rings. The highest BCUT2D eigenvalue weighted by Gasteiger charge is 2.40. The average molecular weight is 1570 g/mol. The first-order valence-electron chi connectivity index (χ1n) is 36.5. The van der Waals surface area contributed by atoms with Crippen molar-refractivity contribution in [3.63, 3.8) is 0 Å². The van der Waals surface area contributed by atoms with Crippen LogP contribution in [-0.4, -0.2) is 247 Å². The molecule has 2 heterocycles. The van der Waals surface area contributed by atoms with Gasteiger partial charge in [0, 0.05) is 42.8 Å². The van der Waals surface area contributed by atoms with Crippen molar-refractivity contribution < 1.29 is 126 Å². The Morgan fingerprint density at radius 3 is 1.66 bits per heavy atom. The van der Waals surface area contributed by atoms with E-state index in [1.54, 1.807) is 30.5 Å². The Hall–Kier alpha value is -11.4. The Kier molecular flexibility index (Phi) is 41.3. The van der Waals surface area contributed by atoms with Gasteiger partial charge in [-0.05, 0) is 76.5 Å². The summed E-state index contributed by atoms with van der Waals surface area (Å²) in [6.45, 7) is 3.52. The number of carbonyl (C=O) groups excluding carboxylic acids is 14. The first kappa shape index (κ1) is 93.8. The third-order valence-corrected chi connectivity index (χ3v) is 17.8. The molecule has 0 bridgehead atoms. The van der Waals surface area contributed by atoms with E-state index >= 15 is 0 Å².